The summed E-state index contributed by atoms with van der Waals surface area (Å²) in [6.07, 6.45) is 0.611. The highest BCUT2D eigenvalue weighted by molar-refractivity contribution is 6.35. The van der Waals surface area contributed by atoms with E-state index in [0.717, 1.165) is 0 Å². The standard InChI is InChI=1S/C17H15Cl2N3O2/c1-11-12(10-20)3-5-15(22-11)17(23)21-7-2-8-24-16-6-4-13(18)9-14(16)19/h3-6,9H,2,7-8H2,1H3,(H,21,23). The van der Waals surface area contributed by atoms with E-state index in [9.17, 15) is 4.79 Å². The normalized spacial score (nSPS) is 10.1. The molecular weight excluding hydrogens is 349 g/mol. The zero-order valence-electron chi connectivity index (χ0n) is 13.0. The molecular formula is C17H15Cl2N3O2. The van der Waals surface area contributed by atoms with E-state index in [1.807, 2.05) is 6.07 Å². The molecule has 0 aliphatic heterocycles. The molecule has 124 valence electrons. The Morgan fingerprint density at radius 3 is 2.79 bits per heavy atom. The molecule has 2 aromatic rings. The number of carbonyl (C=O) groups excluding carboxylic acids is 1. The first kappa shape index (κ1) is 18.1. The van der Waals surface area contributed by atoms with Crippen molar-refractivity contribution >= 4 is 29.1 Å². The van der Waals surface area contributed by atoms with Crippen LogP contribution in [0.5, 0.6) is 5.75 Å². The lowest BCUT2D eigenvalue weighted by molar-refractivity contribution is 0.0946. The second-order valence-electron chi connectivity index (χ2n) is 4.97. The summed E-state index contributed by atoms with van der Waals surface area (Å²) in [6, 6.07) is 10.1. The SMILES string of the molecule is Cc1nc(C(=O)NCCCOc2ccc(Cl)cc2Cl)ccc1C#N. The molecule has 0 fully saturated rings. The maximum Gasteiger partial charge on any atom is 0.269 e. The van der Waals surface area contributed by atoms with E-state index in [1.165, 1.54) is 6.07 Å². The summed E-state index contributed by atoms with van der Waals surface area (Å²) >= 11 is 11.8. The van der Waals surface area contributed by atoms with Crippen LogP contribution >= 0.6 is 23.2 Å². The zero-order chi connectivity index (χ0) is 17.5. The van der Waals surface area contributed by atoms with Crippen molar-refractivity contribution < 1.29 is 9.53 Å². The van der Waals surface area contributed by atoms with E-state index in [-0.39, 0.29) is 11.6 Å². The van der Waals surface area contributed by atoms with E-state index in [0.29, 0.717) is 46.6 Å². The lowest BCUT2D eigenvalue weighted by Crippen LogP contribution is -2.26. The fourth-order valence-corrected chi connectivity index (χ4v) is 2.41. The number of nitrogens with zero attached hydrogens (tertiary/aromatic N) is 2. The molecule has 0 aliphatic rings. The van der Waals surface area contributed by atoms with Gasteiger partial charge in [-0.25, -0.2) is 4.98 Å². The van der Waals surface area contributed by atoms with Gasteiger partial charge in [0, 0.05) is 11.6 Å². The minimum atomic E-state index is -0.285. The van der Waals surface area contributed by atoms with Crippen molar-refractivity contribution in [2.24, 2.45) is 0 Å². The van der Waals surface area contributed by atoms with E-state index in [2.05, 4.69) is 10.3 Å². The van der Waals surface area contributed by atoms with Crippen LogP contribution in [0.25, 0.3) is 0 Å². The summed E-state index contributed by atoms with van der Waals surface area (Å²) < 4.78 is 5.54. The highest BCUT2D eigenvalue weighted by Gasteiger charge is 2.09. The second-order valence-corrected chi connectivity index (χ2v) is 5.82. The number of ether oxygens (including phenoxy) is 1. The van der Waals surface area contributed by atoms with Crippen molar-refractivity contribution in [3.8, 4) is 11.8 Å². The molecule has 1 N–H and O–H groups in total. The van der Waals surface area contributed by atoms with Crippen LogP contribution in [0.4, 0.5) is 0 Å². The van der Waals surface area contributed by atoms with Gasteiger partial charge in [0.15, 0.2) is 0 Å². The van der Waals surface area contributed by atoms with Crippen LogP contribution in [-0.4, -0.2) is 24.0 Å². The summed E-state index contributed by atoms with van der Waals surface area (Å²) in [5.74, 6) is 0.267. The molecule has 0 atom stereocenters. The maximum atomic E-state index is 12.0. The average molecular weight is 364 g/mol. The smallest absolute Gasteiger partial charge is 0.269 e. The molecule has 1 aromatic carbocycles. The van der Waals surface area contributed by atoms with E-state index in [4.69, 9.17) is 33.2 Å². The van der Waals surface area contributed by atoms with Crippen LogP contribution < -0.4 is 10.1 Å². The van der Waals surface area contributed by atoms with E-state index in [1.54, 1.807) is 31.2 Å². The monoisotopic (exact) mass is 363 g/mol. The predicted molar refractivity (Wildman–Crippen MR) is 92.6 cm³/mol. The molecule has 1 amide bonds. The van der Waals surface area contributed by atoms with Gasteiger partial charge in [-0.15, -0.1) is 0 Å². The lowest BCUT2D eigenvalue weighted by atomic mass is 10.2. The molecule has 1 heterocycles. The first-order chi connectivity index (χ1) is 11.5. The highest BCUT2D eigenvalue weighted by atomic mass is 35.5. The molecule has 0 radical (unpaired) electrons. The fourth-order valence-electron chi connectivity index (χ4n) is 1.94. The summed E-state index contributed by atoms with van der Waals surface area (Å²) in [5, 5.41) is 12.6. The number of nitriles is 1. The Morgan fingerprint density at radius 1 is 1.33 bits per heavy atom. The first-order valence-corrected chi connectivity index (χ1v) is 8.00. The molecule has 0 aliphatic carbocycles. The number of benzene rings is 1. The van der Waals surface area contributed by atoms with Gasteiger partial charge < -0.3 is 10.1 Å². The molecule has 7 heteroatoms. The third kappa shape index (κ3) is 4.85. The third-order valence-electron chi connectivity index (χ3n) is 3.20. The summed E-state index contributed by atoms with van der Waals surface area (Å²) in [6.45, 7) is 2.53. The Bertz CT molecular complexity index is 788. The summed E-state index contributed by atoms with van der Waals surface area (Å²) in [4.78, 5) is 16.1. The Balaban J connectivity index is 1.77. The van der Waals surface area contributed by atoms with Crippen LogP contribution in [0.1, 0.15) is 28.2 Å². The van der Waals surface area contributed by atoms with Crippen molar-refractivity contribution in [3.63, 3.8) is 0 Å². The number of rotatable bonds is 6. The largest absolute Gasteiger partial charge is 0.492 e. The number of halogens is 2. The van der Waals surface area contributed by atoms with Crippen LogP contribution in [0.15, 0.2) is 30.3 Å². The number of nitrogens with one attached hydrogen (secondary N) is 1. The fraction of sp³-hybridized carbons (Fsp3) is 0.235. The maximum absolute atomic E-state index is 12.0. The molecule has 1 aromatic heterocycles. The van der Waals surface area contributed by atoms with Gasteiger partial charge in [0.25, 0.3) is 5.91 Å². The van der Waals surface area contributed by atoms with E-state index >= 15 is 0 Å². The van der Waals surface area contributed by atoms with Crippen molar-refractivity contribution in [2.75, 3.05) is 13.2 Å². The molecule has 2 rings (SSSR count). The van der Waals surface area contributed by atoms with Gasteiger partial charge in [-0.05, 0) is 43.7 Å². The van der Waals surface area contributed by atoms with E-state index < -0.39 is 0 Å². The van der Waals surface area contributed by atoms with Crippen molar-refractivity contribution in [1.82, 2.24) is 10.3 Å². The number of amides is 1. The number of carbonyl (C=O) groups is 1. The van der Waals surface area contributed by atoms with Gasteiger partial charge in [-0.1, -0.05) is 23.2 Å². The van der Waals surface area contributed by atoms with Crippen LogP contribution in [0, 0.1) is 18.3 Å². The number of hydrogen-bond donors (Lipinski definition) is 1. The van der Waals surface area contributed by atoms with Crippen LogP contribution in [0.2, 0.25) is 10.0 Å². The zero-order valence-corrected chi connectivity index (χ0v) is 14.5. The Morgan fingerprint density at radius 2 is 2.12 bits per heavy atom. The van der Waals surface area contributed by atoms with Gasteiger partial charge in [-0.2, -0.15) is 5.26 Å². The Labute approximate surface area is 150 Å². The number of pyridine rings is 1. The van der Waals surface area contributed by atoms with Crippen LogP contribution in [-0.2, 0) is 0 Å². The molecule has 0 spiro atoms. The molecule has 0 unspecified atom stereocenters. The van der Waals surface area contributed by atoms with Gasteiger partial charge in [-0.3, -0.25) is 4.79 Å². The lowest BCUT2D eigenvalue weighted by Gasteiger charge is -2.09. The van der Waals surface area contributed by atoms with Crippen molar-refractivity contribution in [1.29, 1.82) is 5.26 Å². The molecule has 0 saturated heterocycles. The summed E-state index contributed by atoms with van der Waals surface area (Å²) in [5.41, 5.74) is 1.28. The number of hydrogen-bond acceptors (Lipinski definition) is 4. The first-order valence-electron chi connectivity index (χ1n) is 7.25. The van der Waals surface area contributed by atoms with Crippen molar-refractivity contribution in [3.05, 3.63) is 57.3 Å². The predicted octanol–water partition coefficient (Wildman–Crippen LogP) is 3.77. The highest BCUT2D eigenvalue weighted by Crippen LogP contribution is 2.27. The quantitative estimate of drug-likeness (QED) is 0.792. The second kappa shape index (κ2) is 8.53. The van der Waals surface area contributed by atoms with Crippen LogP contribution in [0.3, 0.4) is 0 Å². The van der Waals surface area contributed by atoms with Gasteiger partial charge in [0.05, 0.1) is 22.9 Å². The van der Waals surface area contributed by atoms with Gasteiger partial charge >= 0.3 is 0 Å². The molecule has 0 bridgehead atoms. The van der Waals surface area contributed by atoms with Crippen molar-refractivity contribution in [2.45, 2.75) is 13.3 Å². The summed E-state index contributed by atoms with van der Waals surface area (Å²) in [7, 11) is 0. The Kier molecular flexibility index (Phi) is 6.42. The average Bonchev–Trinajstić information content (AvgIpc) is 2.56. The molecule has 0 saturated carbocycles. The number of aryl methyl sites for hydroxylation is 1. The Hall–Kier alpha value is -2.29. The van der Waals surface area contributed by atoms with Gasteiger partial charge in [0.1, 0.15) is 17.5 Å². The third-order valence-corrected chi connectivity index (χ3v) is 3.73. The molecule has 24 heavy (non-hydrogen) atoms. The van der Waals surface area contributed by atoms with Gasteiger partial charge in [0.2, 0.25) is 0 Å². The molecule has 5 nitrogen and oxygen atoms in total. The minimum Gasteiger partial charge on any atom is -0.492 e. The topological polar surface area (TPSA) is 75.0 Å². The number of aromatic nitrogens is 1. The minimum absolute atomic E-state index is 0.285.